The zero-order valence-electron chi connectivity index (χ0n) is 6.63. The van der Waals surface area contributed by atoms with Crippen LogP contribution in [0.25, 0.3) is 0 Å². The normalized spacial score (nSPS) is 13.1. The maximum atomic E-state index is 12.6. The van der Waals surface area contributed by atoms with Crippen LogP contribution in [0.4, 0.5) is 4.39 Å². The molecular formula is C9H11FO. The second-order valence-electron chi connectivity index (χ2n) is 2.68. The molecule has 0 fully saturated rings. The molecule has 11 heavy (non-hydrogen) atoms. The van der Waals surface area contributed by atoms with E-state index in [9.17, 15) is 4.39 Å². The Kier molecular flexibility index (Phi) is 2.25. The first-order valence-electron chi connectivity index (χ1n) is 3.55. The van der Waals surface area contributed by atoms with Gasteiger partial charge in [-0.15, -0.1) is 0 Å². The molecule has 0 heterocycles. The molecule has 1 aromatic carbocycles. The Morgan fingerprint density at radius 1 is 1.45 bits per heavy atom. The first-order valence-corrected chi connectivity index (χ1v) is 3.55. The second kappa shape index (κ2) is 3.01. The van der Waals surface area contributed by atoms with Gasteiger partial charge in [-0.25, -0.2) is 4.39 Å². The van der Waals surface area contributed by atoms with Crippen LogP contribution in [-0.4, -0.2) is 5.11 Å². The van der Waals surface area contributed by atoms with Crippen molar-refractivity contribution in [3.8, 4) is 0 Å². The van der Waals surface area contributed by atoms with E-state index in [-0.39, 0.29) is 5.82 Å². The van der Waals surface area contributed by atoms with E-state index in [4.69, 9.17) is 5.11 Å². The molecule has 0 bridgehead atoms. The standard InChI is InChI=1S/C9H11FO/c1-6-3-4-8(10)5-9(6)7(2)11/h3-5,7,11H,1-2H3/t7-/m1/s1. The van der Waals surface area contributed by atoms with Gasteiger partial charge in [0.15, 0.2) is 0 Å². The van der Waals surface area contributed by atoms with Gasteiger partial charge < -0.3 is 5.11 Å². The van der Waals surface area contributed by atoms with E-state index in [2.05, 4.69) is 0 Å². The molecule has 0 aliphatic rings. The predicted octanol–water partition coefficient (Wildman–Crippen LogP) is 2.19. The fourth-order valence-electron chi connectivity index (χ4n) is 1.06. The molecule has 0 amide bonds. The molecule has 0 aliphatic carbocycles. The van der Waals surface area contributed by atoms with Crippen LogP contribution in [0.15, 0.2) is 18.2 Å². The van der Waals surface area contributed by atoms with Gasteiger partial charge >= 0.3 is 0 Å². The van der Waals surface area contributed by atoms with E-state index >= 15 is 0 Å². The molecular weight excluding hydrogens is 143 g/mol. The van der Waals surface area contributed by atoms with Crippen LogP contribution >= 0.6 is 0 Å². The second-order valence-corrected chi connectivity index (χ2v) is 2.68. The Hall–Kier alpha value is -0.890. The highest BCUT2D eigenvalue weighted by Gasteiger charge is 2.04. The summed E-state index contributed by atoms with van der Waals surface area (Å²) in [6.45, 7) is 3.48. The zero-order valence-corrected chi connectivity index (χ0v) is 6.63. The van der Waals surface area contributed by atoms with Crippen molar-refractivity contribution in [2.75, 3.05) is 0 Å². The van der Waals surface area contributed by atoms with Crippen molar-refractivity contribution >= 4 is 0 Å². The lowest BCUT2D eigenvalue weighted by molar-refractivity contribution is 0.198. The van der Waals surface area contributed by atoms with Crippen molar-refractivity contribution in [2.24, 2.45) is 0 Å². The Bertz CT molecular complexity index is 256. The molecule has 1 N–H and O–H groups in total. The predicted molar refractivity (Wildman–Crippen MR) is 41.8 cm³/mol. The number of hydrogen-bond acceptors (Lipinski definition) is 1. The Balaban J connectivity index is 3.13. The number of hydrogen-bond donors (Lipinski definition) is 1. The van der Waals surface area contributed by atoms with E-state index in [1.807, 2.05) is 6.92 Å². The SMILES string of the molecule is Cc1ccc(F)cc1[C@@H](C)O. The van der Waals surface area contributed by atoms with Crippen LogP contribution in [0.1, 0.15) is 24.2 Å². The fraction of sp³-hybridized carbons (Fsp3) is 0.333. The van der Waals surface area contributed by atoms with Gasteiger partial charge in [0.1, 0.15) is 5.82 Å². The van der Waals surface area contributed by atoms with Gasteiger partial charge in [0, 0.05) is 0 Å². The number of halogens is 1. The summed E-state index contributed by atoms with van der Waals surface area (Å²) >= 11 is 0. The average Bonchev–Trinajstić information content (AvgIpc) is 1.94. The summed E-state index contributed by atoms with van der Waals surface area (Å²) in [4.78, 5) is 0. The number of aryl methyl sites for hydroxylation is 1. The molecule has 0 aliphatic heterocycles. The highest BCUT2D eigenvalue weighted by Crippen LogP contribution is 2.17. The number of aliphatic hydroxyl groups is 1. The van der Waals surface area contributed by atoms with Crippen LogP contribution in [0.5, 0.6) is 0 Å². The van der Waals surface area contributed by atoms with Crippen molar-refractivity contribution in [2.45, 2.75) is 20.0 Å². The minimum Gasteiger partial charge on any atom is -0.389 e. The van der Waals surface area contributed by atoms with Crippen molar-refractivity contribution < 1.29 is 9.50 Å². The van der Waals surface area contributed by atoms with E-state index in [1.165, 1.54) is 12.1 Å². The van der Waals surface area contributed by atoms with Crippen molar-refractivity contribution in [1.29, 1.82) is 0 Å². The van der Waals surface area contributed by atoms with E-state index in [0.717, 1.165) is 5.56 Å². The van der Waals surface area contributed by atoms with Gasteiger partial charge in [0.05, 0.1) is 6.10 Å². The molecule has 0 radical (unpaired) electrons. The molecule has 0 spiro atoms. The third-order valence-electron chi connectivity index (χ3n) is 1.69. The lowest BCUT2D eigenvalue weighted by Crippen LogP contribution is -1.95. The molecule has 0 saturated heterocycles. The zero-order chi connectivity index (χ0) is 8.43. The van der Waals surface area contributed by atoms with Gasteiger partial charge in [-0.1, -0.05) is 6.07 Å². The average molecular weight is 154 g/mol. The molecule has 2 heteroatoms. The van der Waals surface area contributed by atoms with Gasteiger partial charge in [-0.3, -0.25) is 0 Å². The van der Waals surface area contributed by atoms with Crippen LogP contribution in [0.3, 0.4) is 0 Å². The summed E-state index contributed by atoms with van der Waals surface area (Å²) < 4.78 is 12.6. The first-order chi connectivity index (χ1) is 5.11. The topological polar surface area (TPSA) is 20.2 Å². The summed E-state index contributed by atoms with van der Waals surface area (Å²) in [5, 5.41) is 9.16. The smallest absolute Gasteiger partial charge is 0.123 e. The quantitative estimate of drug-likeness (QED) is 0.657. The lowest BCUT2D eigenvalue weighted by Gasteiger charge is -2.07. The molecule has 1 aromatic rings. The van der Waals surface area contributed by atoms with Crippen LogP contribution in [0.2, 0.25) is 0 Å². The van der Waals surface area contributed by atoms with E-state index < -0.39 is 6.10 Å². The van der Waals surface area contributed by atoms with Crippen molar-refractivity contribution in [3.63, 3.8) is 0 Å². The van der Waals surface area contributed by atoms with Crippen molar-refractivity contribution in [3.05, 3.63) is 35.1 Å². The highest BCUT2D eigenvalue weighted by atomic mass is 19.1. The summed E-state index contributed by atoms with van der Waals surface area (Å²) in [5.41, 5.74) is 1.58. The maximum absolute atomic E-state index is 12.6. The number of rotatable bonds is 1. The van der Waals surface area contributed by atoms with Gasteiger partial charge in [0.25, 0.3) is 0 Å². The molecule has 1 rings (SSSR count). The molecule has 0 unspecified atom stereocenters. The van der Waals surface area contributed by atoms with Gasteiger partial charge in [-0.05, 0) is 37.1 Å². The summed E-state index contributed by atoms with van der Waals surface area (Å²) in [6.07, 6.45) is -0.592. The van der Waals surface area contributed by atoms with Crippen LogP contribution in [-0.2, 0) is 0 Å². The van der Waals surface area contributed by atoms with E-state index in [1.54, 1.807) is 13.0 Å². The summed E-state index contributed by atoms with van der Waals surface area (Å²) in [7, 11) is 0. The largest absolute Gasteiger partial charge is 0.389 e. The Labute approximate surface area is 65.5 Å². The number of aliphatic hydroxyl groups excluding tert-OH is 1. The third-order valence-corrected chi connectivity index (χ3v) is 1.69. The molecule has 0 saturated carbocycles. The monoisotopic (exact) mass is 154 g/mol. The third kappa shape index (κ3) is 1.77. The fourth-order valence-corrected chi connectivity index (χ4v) is 1.06. The minimum atomic E-state index is -0.592. The summed E-state index contributed by atoms with van der Waals surface area (Å²) in [6, 6.07) is 4.42. The maximum Gasteiger partial charge on any atom is 0.123 e. The van der Waals surface area contributed by atoms with Crippen LogP contribution in [0, 0.1) is 12.7 Å². The Morgan fingerprint density at radius 3 is 2.55 bits per heavy atom. The molecule has 60 valence electrons. The Morgan fingerprint density at radius 2 is 2.09 bits per heavy atom. The van der Waals surface area contributed by atoms with Crippen LogP contribution < -0.4 is 0 Å². The number of benzene rings is 1. The first kappa shape index (κ1) is 8.21. The van der Waals surface area contributed by atoms with Crippen molar-refractivity contribution in [1.82, 2.24) is 0 Å². The van der Waals surface area contributed by atoms with E-state index in [0.29, 0.717) is 5.56 Å². The molecule has 1 atom stereocenters. The van der Waals surface area contributed by atoms with Gasteiger partial charge in [-0.2, -0.15) is 0 Å². The highest BCUT2D eigenvalue weighted by molar-refractivity contribution is 5.27. The molecule has 0 aromatic heterocycles. The van der Waals surface area contributed by atoms with Gasteiger partial charge in [0.2, 0.25) is 0 Å². The molecule has 1 nitrogen and oxygen atoms in total. The summed E-state index contributed by atoms with van der Waals surface area (Å²) in [5.74, 6) is -0.300. The minimum absolute atomic E-state index is 0.300. The lowest BCUT2D eigenvalue weighted by atomic mass is 10.0.